The van der Waals surface area contributed by atoms with E-state index in [-0.39, 0.29) is 5.91 Å². The SMILES string of the molecule is CC(C)C1CCCCC1NC(=O)CC1NCCCC1C. The van der Waals surface area contributed by atoms with Crippen molar-refractivity contribution in [3.63, 3.8) is 0 Å². The molecule has 1 aliphatic heterocycles. The van der Waals surface area contributed by atoms with Gasteiger partial charge in [0.05, 0.1) is 0 Å². The minimum absolute atomic E-state index is 0.258. The zero-order valence-corrected chi connectivity index (χ0v) is 13.5. The Morgan fingerprint density at radius 3 is 2.65 bits per heavy atom. The smallest absolute Gasteiger partial charge is 0.221 e. The summed E-state index contributed by atoms with van der Waals surface area (Å²) in [4.78, 5) is 12.3. The predicted octanol–water partition coefficient (Wildman–Crippen LogP) is 3.10. The van der Waals surface area contributed by atoms with Crippen LogP contribution >= 0.6 is 0 Å². The summed E-state index contributed by atoms with van der Waals surface area (Å²) in [6.45, 7) is 7.92. The summed E-state index contributed by atoms with van der Waals surface area (Å²) in [5, 5.41) is 6.85. The van der Waals surface area contributed by atoms with E-state index in [2.05, 4.69) is 31.4 Å². The Bertz CT molecular complexity index is 316. The van der Waals surface area contributed by atoms with Crippen molar-refractivity contribution in [2.45, 2.75) is 77.8 Å². The van der Waals surface area contributed by atoms with Gasteiger partial charge in [0.25, 0.3) is 0 Å². The average Bonchev–Trinajstić information content (AvgIpc) is 2.41. The molecule has 116 valence electrons. The van der Waals surface area contributed by atoms with Crippen LogP contribution in [-0.4, -0.2) is 24.5 Å². The molecule has 0 spiro atoms. The molecule has 4 unspecified atom stereocenters. The number of piperidine rings is 1. The van der Waals surface area contributed by atoms with E-state index in [1.54, 1.807) is 0 Å². The second kappa shape index (κ2) is 7.44. The van der Waals surface area contributed by atoms with Crippen molar-refractivity contribution in [3.8, 4) is 0 Å². The molecule has 2 N–H and O–H groups in total. The number of carbonyl (C=O) groups is 1. The Kier molecular flexibility index (Phi) is 5.88. The molecule has 2 fully saturated rings. The molecule has 1 aliphatic carbocycles. The first-order valence-corrected chi connectivity index (χ1v) is 8.60. The molecule has 1 heterocycles. The zero-order chi connectivity index (χ0) is 14.5. The van der Waals surface area contributed by atoms with Crippen molar-refractivity contribution in [1.29, 1.82) is 0 Å². The first kappa shape index (κ1) is 15.8. The highest BCUT2D eigenvalue weighted by Gasteiger charge is 2.30. The Labute approximate surface area is 124 Å². The molecule has 2 aliphatic rings. The maximum Gasteiger partial charge on any atom is 0.221 e. The van der Waals surface area contributed by atoms with E-state index in [1.165, 1.54) is 38.5 Å². The molecular weight excluding hydrogens is 248 g/mol. The lowest BCUT2D eigenvalue weighted by molar-refractivity contribution is -0.123. The van der Waals surface area contributed by atoms with Crippen molar-refractivity contribution >= 4 is 5.91 Å². The van der Waals surface area contributed by atoms with Gasteiger partial charge < -0.3 is 10.6 Å². The van der Waals surface area contributed by atoms with Crippen molar-refractivity contribution in [1.82, 2.24) is 10.6 Å². The fourth-order valence-electron chi connectivity index (χ4n) is 3.99. The Hall–Kier alpha value is -0.570. The summed E-state index contributed by atoms with van der Waals surface area (Å²) in [5.41, 5.74) is 0. The Morgan fingerprint density at radius 1 is 1.20 bits per heavy atom. The van der Waals surface area contributed by atoms with Gasteiger partial charge in [0.15, 0.2) is 0 Å². The lowest BCUT2D eigenvalue weighted by Gasteiger charge is -2.36. The lowest BCUT2D eigenvalue weighted by Crippen LogP contribution is -2.48. The number of rotatable bonds is 4. The topological polar surface area (TPSA) is 41.1 Å². The summed E-state index contributed by atoms with van der Waals surface area (Å²) in [6.07, 6.45) is 8.20. The molecule has 0 aromatic carbocycles. The first-order valence-electron chi connectivity index (χ1n) is 8.60. The highest BCUT2D eigenvalue weighted by Crippen LogP contribution is 2.30. The molecule has 0 bridgehead atoms. The van der Waals surface area contributed by atoms with Gasteiger partial charge in [-0.3, -0.25) is 4.79 Å². The van der Waals surface area contributed by atoms with E-state index in [4.69, 9.17) is 0 Å². The largest absolute Gasteiger partial charge is 0.353 e. The van der Waals surface area contributed by atoms with Gasteiger partial charge in [-0.05, 0) is 50.0 Å². The maximum absolute atomic E-state index is 12.3. The highest BCUT2D eigenvalue weighted by atomic mass is 16.1. The predicted molar refractivity (Wildman–Crippen MR) is 83.5 cm³/mol. The highest BCUT2D eigenvalue weighted by molar-refractivity contribution is 5.77. The lowest BCUT2D eigenvalue weighted by atomic mass is 9.77. The van der Waals surface area contributed by atoms with Crippen LogP contribution in [0.25, 0.3) is 0 Å². The third kappa shape index (κ3) is 4.21. The van der Waals surface area contributed by atoms with Crippen LogP contribution in [0.5, 0.6) is 0 Å². The van der Waals surface area contributed by atoms with Crippen LogP contribution in [0.4, 0.5) is 0 Å². The fourth-order valence-corrected chi connectivity index (χ4v) is 3.99. The normalized spacial score (nSPS) is 35.0. The van der Waals surface area contributed by atoms with Gasteiger partial charge in [-0.15, -0.1) is 0 Å². The van der Waals surface area contributed by atoms with Crippen LogP contribution in [0.3, 0.4) is 0 Å². The third-order valence-electron chi connectivity index (χ3n) is 5.36. The number of hydrogen-bond donors (Lipinski definition) is 2. The molecule has 1 saturated carbocycles. The quantitative estimate of drug-likeness (QED) is 0.831. The standard InChI is InChI=1S/C17H32N2O/c1-12(2)14-8-4-5-9-15(14)19-17(20)11-16-13(3)7-6-10-18-16/h12-16,18H,4-11H2,1-3H3,(H,19,20). The van der Waals surface area contributed by atoms with Gasteiger partial charge in [0.1, 0.15) is 0 Å². The number of hydrogen-bond acceptors (Lipinski definition) is 2. The van der Waals surface area contributed by atoms with Crippen LogP contribution < -0.4 is 10.6 Å². The second-order valence-electron chi connectivity index (χ2n) is 7.25. The average molecular weight is 280 g/mol. The van der Waals surface area contributed by atoms with Crippen LogP contribution in [0, 0.1) is 17.8 Å². The zero-order valence-electron chi connectivity index (χ0n) is 13.5. The van der Waals surface area contributed by atoms with E-state index in [9.17, 15) is 4.79 Å². The monoisotopic (exact) mass is 280 g/mol. The van der Waals surface area contributed by atoms with Gasteiger partial charge in [-0.1, -0.05) is 33.6 Å². The van der Waals surface area contributed by atoms with Crippen molar-refractivity contribution in [3.05, 3.63) is 0 Å². The molecule has 2 rings (SSSR count). The van der Waals surface area contributed by atoms with Crippen LogP contribution in [0.2, 0.25) is 0 Å². The molecule has 4 atom stereocenters. The molecule has 3 nitrogen and oxygen atoms in total. The molecule has 0 aromatic rings. The maximum atomic E-state index is 12.3. The van der Waals surface area contributed by atoms with Crippen LogP contribution in [-0.2, 0) is 4.79 Å². The Morgan fingerprint density at radius 2 is 1.95 bits per heavy atom. The number of carbonyl (C=O) groups excluding carboxylic acids is 1. The summed E-state index contributed by atoms with van der Waals surface area (Å²) >= 11 is 0. The summed E-state index contributed by atoms with van der Waals surface area (Å²) < 4.78 is 0. The molecule has 20 heavy (non-hydrogen) atoms. The van der Waals surface area contributed by atoms with Crippen molar-refractivity contribution in [2.75, 3.05) is 6.54 Å². The Balaban J connectivity index is 1.83. The van der Waals surface area contributed by atoms with E-state index >= 15 is 0 Å². The minimum atomic E-state index is 0.258. The van der Waals surface area contributed by atoms with E-state index < -0.39 is 0 Å². The minimum Gasteiger partial charge on any atom is -0.353 e. The van der Waals surface area contributed by atoms with E-state index in [0.717, 1.165) is 6.54 Å². The third-order valence-corrected chi connectivity index (χ3v) is 5.36. The summed E-state index contributed by atoms with van der Waals surface area (Å²) in [7, 11) is 0. The number of amides is 1. The van der Waals surface area contributed by atoms with E-state index in [0.29, 0.717) is 36.3 Å². The van der Waals surface area contributed by atoms with Gasteiger partial charge >= 0.3 is 0 Å². The summed E-state index contributed by atoms with van der Waals surface area (Å²) in [5.74, 6) is 2.23. The molecular formula is C17H32N2O. The first-order chi connectivity index (χ1) is 9.58. The van der Waals surface area contributed by atoms with Crippen LogP contribution in [0.1, 0.15) is 65.7 Å². The molecule has 1 saturated heterocycles. The second-order valence-corrected chi connectivity index (χ2v) is 7.25. The fraction of sp³-hybridized carbons (Fsp3) is 0.941. The summed E-state index contributed by atoms with van der Waals surface area (Å²) in [6, 6.07) is 0.792. The van der Waals surface area contributed by atoms with Gasteiger partial charge in [-0.25, -0.2) is 0 Å². The molecule has 0 aromatic heterocycles. The van der Waals surface area contributed by atoms with Gasteiger partial charge in [0.2, 0.25) is 5.91 Å². The van der Waals surface area contributed by atoms with Crippen molar-refractivity contribution in [2.24, 2.45) is 17.8 Å². The van der Waals surface area contributed by atoms with Crippen molar-refractivity contribution < 1.29 is 4.79 Å². The van der Waals surface area contributed by atoms with E-state index in [1.807, 2.05) is 0 Å². The van der Waals surface area contributed by atoms with Gasteiger partial charge in [0, 0.05) is 18.5 Å². The molecule has 1 amide bonds. The van der Waals surface area contributed by atoms with Crippen LogP contribution in [0.15, 0.2) is 0 Å². The molecule has 3 heteroatoms. The van der Waals surface area contributed by atoms with Gasteiger partial charge in [-0.2, -0.15) is 0 Å². The number of nitrogens with one attached hydrogen (secondary N) is 2. The molecule has 0 radical (unpaired) electrons.